The third kappa shape index (κ3) is 3.42. The van der Waals surface area contributed by atoms with E-state index in [4.69, 9.17) is 11.5 Å². The summed E-state index contributed by atoms with van der Waals surface area (Å²) in [6.45, 7) is 1.81. The molecule has 1 unspecified atom stereocenters. The minimum absolute atomic E-state index is 0.0209. The Morgan fingerprint density at radius 3 is 2.40 bits per heavy atom. The van der Waals surface area contributed by atoms with Crippen LogP contribution in [0.1, 0.15) is 13.3 Å². The summed E-state index contributed by atoms with van der Waals surface area (Å²) in [5.74, 6) is -0.291. The van der Waals surface area contributed by atoms with Crippen LogP contribution >= 0.6 is 0 Å². The van der Waals surface area contributed by atoms with Crippen molar-refractivity contribution in [3.05, 3.63) is 0 Å². The predicted molar refractivity (Wildman–Crippen MR) is 38.0 cm³/mol. The van der Waals surface area contributed by atoms with Crippen LogP contribution < -0.4 is 11.5 Å². The van der Waals surface area contributed by atoms with E-state index in [0.29, 0.717) is 0 Å². The smallest absolute Gasteiger partial charge is 0.305 e. The molecule has 0 rings (SSSR count). The number of carbonyl (C=O) groups is 1. The van der Waals surface area contributed by atoms with Gasteiger partial charge in [0.15, 0.2) is 0 Å². The first-order chi connectivity index (χ1) is 4.57. The molecule has 0 aliphatic carbocycles. The molecule has 0 saturated carbocycles. The molecular weight excluding hydrogens is 132 g/mol. The summed E-state index contributed by atoms with van der Waals surface area (Å²) in [6, 6.07) is 0. The highest BCUT2D eigenvalue weighted by Gasteiger charge is 2.12. The van der Waals surface area contributed by atoms with E-state index in [0.717, 1.165) is 0 Å². The molecule has 0 aromatic carbocycles. The van der Waals surface area contributed by atoms with E-state index in [-0.39, 0.29) is 18.3 Å². The monoisotopic (exact) mass is 146 g/mol. The summed E-state index contributed by atoms with van der Waals surface area (Å²) < 4.78 is 4.42. The molecule has 0 radical (unpaired) electrons. The third-order valence-corrected chi connectivity index (χ3v) is 1.37. The second kappa shape index (κ2) is 4.24. The highest BCUT2D eigenvalue weighted by molar-refractivity contribution is 5.69. The molecule has 0 spiro atoms. The number of carbonyl (C=O) groups excluding carboxylic acids is 1. The molecule has 0 fully saturated rings. The summed E-state index contributed by atoms with van der Waals surface area (Å²) in [7, 11) is 1.34. The Morgan fingerprint density at radius 1 is 1.60 bits per heavy atom. The number of ether oxygens (including phenoxy) is 1. The van der Waals surface area contributed by atoms with Crippen LogP contribution in [0.5, 0.6) is 0 Å². The fraction of sp³-hybridized carbons (Fsp3) is 0.833. The van der Waals surface area contributed by atoms with E-state index >= 15 is 0 Å². The van der Waals surface area contributed by atoms with E-state index in [1.54, 1.807) is 0 Å². The van der Waals surface area contributed by atoms with Crippen molar-refractivity contribution in [1.29, 1.82) is 0 Å². The maximum absolute atomic E-state index is 10.6. The lowest BCUT2D eigenvalue weighted by molar-refractivity contribution is -0.141. The molecule has 4 nitrogen and oxygen atoms in total. The lowest BCUT2D eigenvalue weighted by Crippen LogP contribution is -2.38. The predicted octanol–water partition coefficient (Wildman–Crippen LogP) is -0.571. The van der Waals surface area contributed by atoms with Crippen LogP contribution in [-0.4, -0.2) is 19.2 Å². The van der Waals surface area contributed by atoms with E-state index in [1.165, 1.54) is 7.11 Å². The Balaban J connectivity index is 3.57. The molecule has 0 aromatic rings. The molecule has 0 aliphatic heterocycles. The van der Waals surface area contributed by atoms with Gasteiger partial charge in [-0.1, -0.05) is 6.92 Å². The molecule has 0 heterocycles. The Morgan fingerprint density at radius 2 is 2.10 bits per heavy atom. The largest absolute Gasteiger partial charge is 0.469 e. The first kappa shape index (κ1) is 9.39. The molecule has 60 valence electrons. The second-order valence-corrected chi connectivity index (χ2v) is 2.33. The van der Waals surface area contributed by atoms with Crippen LogP contribution in [0.15, 0.2) is 0 Å². The normalized spacial score (nSPS) is 13.3. The van der Waals surface area contributed by atoms with Crippen LogP contribution in [0.2, 0.25) is 0 Å². The Kier molecular flexibility index (Phi) is 3.99. The Bertz CT molecular complexity index is 114. The zero-order valence-electron chi connectivity index (χ0n) is 6.33. The van der Waals surface area contributed by atoms with Crippen molar-refractivity contribution in [1.82, 2.24) is 0 Å². The maximum atomic E-state index is 10.6. The van der Waals surface area contributed by atoms with E-state index < -0.39 is 6.17 Å². The first-order valence-corrected chi connectivity index (χ1v) is 3.16. The number of rotatable bonds is 3. The van der Waals surface area contributed by atoms with Crippen molar-refractivity contribution in [2.45, 2.75) is 19.5 Å². The van der Waals surface area contributed by atoms with Gasteiger partial charge in [0.1, 0.15) is 0 Å². The van der Waals surface area contributed by atoms with Crippen LogP contribution in [0.3, 0.4) is 0 Å². The number of esters is 1. The summed E-state index contributed by atoms with van der Waals surface area (Å²) in [4.78, 5) is 10.6. The minimum atomic E-state index is -0.445. The SMILES string of the molecule is COC(=O)CC(C)C(N)N. The fourth-order valence-electron chi connectivity index (χ4n) is 0.482. The highest BCUT2D eigenvalue weighted by Crippen LogP contribution is 2.02. The molecule has 0 aliphatic rings. The lowest BCUT2D eigenvalue weighted by Gasteiger charge is -2.12. The van der Waals surface area contributed by atoms with Gasteiger partial charge in [0, 0.05) is 0 Å². The fourth-order valence-corrected chi connectivity index (χ4v) is 0.482. The van der Waals surface area contributed by atoms with Crippen molar-refractivity contribution in [2.24, 2.45) is 17.4 Å². The summed E-state index contributed by atoms with van der Waals surface area (Å²) in [6.07, 6.45) is -0.159. The average molecular weight is 146 g/mol. The maximum Gasteiger partial charge on any atom is 0.305 e. The van der Waals surface area contributed by atoms with Crippen LogP contribution in [0.25, 0.3) is 0 Å². The lowest BCUT2D eigenvalue weighted by atomic mass is 10.1. The molecule has 4 N–H and O–H groups in total. The van der Waals surface area contributed by atoms with Gasteiger partial charge in [-0.2, -0.15) is 0 Å². The quantitative estimate of drug-likeness (QED) is 0.413. The zero-order valence-corrected chi connectivity index (χ0v) is 6.33. The van der Waals surface area contributed by atoms with Gasteiger partial charge >= 0.3 is 5.97 Å². The van der Waals surface area contributed by atoms with Gasteiger partial charge in [-0.25, -0.2) is 0 Å². The number of methoxy groups -OCH3 is 1. The van der Waals surface area contributed by atoms with Crippen molar-refractivity contribution in [3.8, 4) is 0 Å². The van der Waals surface area contributed by atoms with Gasteiger partial charge in [-0.15, -0.1) is 0 Å². The molecule has 1 atom stereocenters. The van der Waals surface area contributed by atoms with Gasteiger partial charge in [0.05, 0.1) is 19.7 Å². The Labute approximate surface area is 60.5 Å². The van der Waals surface area contributed by atoms with Gasteiger partial charge in [0.2, 0.25) is 0 Å². The second-order valence-electron chi connectivity index (χ2n) is 2.33. The molecule has 0 aromatic heterocycles. The molecular formula is C6H14N2O2. The van der Waals surface area contributed by atoms with Gasteiger partial charge < -0.3 is 16.2 Å². The van der Waals surface area contributed by atoms with Crippen LogP contribution in [0, 0.1) is 5.92 Å². The topological polar surface area (TPSA) is 78.3 Å². The van der Waals surface area contributed by atoms with Gasteiger partial charge in [-0.05, 0) is 5.92 Å². The van der Waals surface area contributed by atoms with Gasteiger partial charge in [0.25, 0.3) is 0 Å². The molecule has 0 bridgehead atoms. The highest BCUT2D eigenvalue weighted by atomic mass is 16.5. The number of nitrogens with two attached hydrogens (primary N) is 2. The zero-order chi connectivity index (χ0) is 8.15. The first-order valence-electron chi connectivity index (χ1n) is 3.16. The Hall–Kier alpha value is -0.610. The summed E-state index contributed by atoms with van der Waals surface area (Å²) in [5.41, 5.74) is 10.6. The third-order valence-electron chi connectivity index (χ3n) is 1.37. The van der Waals surface area contributed by atoms with Crippen molar-refractivity contribution >= 4 is 5.97 Å². The number of hydrogen-bond donors (Lipinski definition) is 2. The molecule has 0 amide bonds. The number of hydrogen-bond acceptors (Lipinski definition) is 4. The minimum Gasteiger partial charge on any atom is -0.469 e. The van der Waals surface area contributed by atoms with E-state index in [1.807, 2.05) is 6.92 Å². The molecule has 4 heteroatoms. The van der Waals surface area contributed by atoms with Crippen molar-refractivity contribution in [2.75, 3.05) is 7.11 Å². The average Bonchev–Trinajstić information content (AvgIpc) is 1.87. The van der Waals surface area contributed by atoms with Gasteiger partial charge in [-0.3, -0.25) is 4.79 Å². The van der Waals surface area contributed by atoms with Crippen molar-refractivity contribution < 1.29 is 9.53 Å². The summed E-state index contributed by atoms with van der Waals surface area (Å²) in [5, 5.41) is 0. The summed E-state index contributed by atoms with van der Waals surface area (Å²) >= 11 is 0. The van der Waals surface area contributed by atoms with Crippen LogP contribution in [-0.2, 0) is 9.53 Å². The molecule has 0 saturated heterocycles. The standard InChI is InChI=1S/C6H14N2O2/c1-4(6(7)8)3-5(9)10-2/h4,6H,3,7-8H2,1-2H3. The van der Waals surface area contributed by atoms with Crippen molar-refractivity contribution in [3.63, 3.8) is 0 Å². The van der Waals surface area contributed by atoms with E-state index in [9.17, 15) is 4.79 Å². The molecule has 10 heavy (non-hydrogen) atoms. The van der Waals surface area contributed by atoms with Crippen LogP contribution in [0.4, 0.5) is 0 Å². The van der Waals surface area contributed by atoms with E-state index in [2.05, 4.69) is 4.74 Å².